The summed E-state index contributed by atoms with van der Waals surface area (Å²) in [5.41, 5.74) is 0. The molecule has 0 saturated heterocycles. The molecule has 0 radical (unpaired) electrons. The fourth-order valence-electron chi connectivity index (χ4n) is 2.18. The highest BCUT2D eigenvalue weighted by Gasteiger charge is 2.34. The summed E-state index contributed by atoms with van der Waals surface area (Å²) in [4.78, 5) is 12.5. The van der Waals surface area contributed by atoms with Gasteiger partial charge in [-0.05, 0) is 24.1 Å². The van der Waals surface area contributed by atoms with Crippen molar-refractivity contribution < 1.29 is 9.53 Å². The third-order valence-corrected chi connectivity index (χ3v) is 7.48. The molecule has 0 aliphatic heterocycles. The first-order chi connectivity index (χ1) is 9.04. The number of carbonyl (C=O) groups excluding carboxylic acids is 1. The Morgan fingerprint density at radius 1 is 1.21 bits per heavy atom. The van der Waals surface area contributed by atoms with Crippen LogP contribution < -0.4 is 9.92 Å². The maximum absolute atomic E-state index is 12.5. The summed E-state index contributed by atoms with van der Waals surface area (Å²) in [7, 11) is -0.414. The highest BCUT2D eigenvalue weighted by molar-refractivity contribution is 9.09. The number of hydrogen-bond acceptors (Lipinski definition) is 2. The van der Waals surface area contributed by atoms with Crippen LogP contribution in [0.15, 0.2) is 24.3 Å². The second-order valence-corrected chi connectivity index (χ2v) is 10.4. The lowest BCUT2D eigenvalue weighted by atomic mass is 10.2. The van der Waals surface area contributed by atoms with Crippen LogP contribution in [0, 0.1) is 0 Å². The van der Waals surface area contributed by atoms with Crippen LogP contribution in [0.2, 0.25) is 13.1 Å². The molecule has 0 unspecified atom stereocenters. The first kappa shape index (κ1) is 16.4. The molecule has 106 valence electrons. The summed E-state index contributed by atoms with van der Waals surface area (Å²) in [5, 5.41) is 2.56. The lowest BCUT2D eigenvalue weighted by Crippen LogP contribution is -2.50. The van der Waals surface area contributed by atoms with Crippen molar-refractivity contribution in [3.05, 3.63) is 24.3 Å². The summed E-state index contributed by atoms with van der Waals surface area (Å²) in [5.74, 6) is 0.855. The number of hydrogen-bond donors (Lipinski definition) is 0. The normalized spacial score (nSPS) is 11.4. The molecule has 0 spiro atoms. The van der Waals surface area contributed by atoms with Crippen molar-refractivity contribution in [2.75, 3.05) is 12.4 Å². The molecule has 0 bridgehead atoms. The molecular weight excluding hydrogens is 320 g/mol. The Labute approximate surface area is 125 Å². The SMILES string of the molecule is COc1ccccc1[Si](C)(C)C(=O)CCCCCBr. The minimum Gasteiger partial charge on any atom is -0.497 e. The zero-order valence-electron chi connectivity index (χ0n) is 12.0. The van der Waals surface area contributed by atoms with E-state index in [1.807, 2.05) is 24.3 Å². The summed E-state index contributed by atoms with van der Waals surface area (Å²) in [6.45, 7) is 4.25. The van der Waals surface area contributed by atoms with Crippen LogP contribution in [-0.2, 0) is 4.79 Å². The van der Waals surface area contributed by atoms with E-state index in [2.05, 4.69) is 29.0 Å². The first-order valence-corrected chi connectivity index (χ1v) is 10.9. The second kappa shape index (κ2) is 7.85. The van der Waals surface area contributed by atoms with Crippen LogP contribution in [0.4, 0.5) is 0 Å². The quantitative estimate of drug-likeness (QED) is 0.409. The van der Waals surface area contributed by atoms with Gasteiger partial charge in [0, 0.05) is 11.8 Å². The van der Waals surface area contributed by atoms with E-state index in [0.717, 1.165) is 35.5 Å². The Balaban J connectivity index is 2.75. The Kier molecular flexibility index (Phi) is 6.79. The minimum atomic E-state index is -2.08. The summed E-state index contributed by atoms with van der Waals surface area (Å²) < 4.78 is 5.40. The molecule has 19 heavy (non-hydrogen) atoms. The predicted molar refractivity (Wildman–Crippen MR) is 87.4 cm³/mol. The molecule has 0 heterocycles. The third kappa shape index (κ3) is 4.46. The molecule has 0 N–H and O–H groups in total. The zero-order valence-corrected chi connectivity index (χ0v) is 14.6. The zero-order chi connectivity index (χ0) is 14.3. The lowest BCUT2D eigenvalue weighted by Gasteiger charge is -2.23. The van der Waals surface area contributed by atoms with Gasteiger partial charge in [-0.1, -0.05) is 53.6 Å². The number of rotatable bonds is 8. The van der Waals surface area contributed by atoms with Crippen molar-refractivity contribution in [1.82, 2.24) is 0 Å². The van der Waals surface area contributed by atoms with E-state index in [1.165, 1.54) is 0 Å². The van der Waals surface area contributed by atoms with Gasteiger partial charge in [-0.15, -0.1) is 0 Å². The predicted octanol–water partition coefficient (Wildman–Crippen LogP) is 3.67. The fraction of sp³-hybridized carbons (Fsp3) is 0.533. The van der Waals surface area contributed by atoms with Crippen LogP contribution >= 0.6 is 15.9 Å². The molecule has 1 rings (SSSR count). The molecule has 0 saturated carbocycles. The van der Waals surface area contributed by atoms with Crippen LogP contribution in [-0.4, -0.2) is 25.9 Å². The van der Waals surface area contributed by atoms with Crippen molar-refractivity contribution in [3.8, 4) is 5.75 Å². The molecule has 4 heteroatoms. The van der Waals surface area contributed by atoms with Gasteiger partial charge in [-0.25, -0.2) is 0 Å². The van der Waals surface area contributed by atoms with Crippen molar-refractivity contribution in [2.24, 2.45) is 0 Å². The van der Waals surface area contributed by atoms with Crippen molar-refractivity contribution in [2.45, 2.75) is 38.8 Å². The molecule has 0 atom stereocenters. The highest BCUT2D eigenvalue weighted by Crippen LogP contribution is 2.17. The van der Waals surface area contributed by atoms with E-state index in [1.54, 1.807) is 7.11 Å². The van der Waals surface area contributed by atoms with Gasteiger partial charge in [0.2, 0.25) is 0 Å². The molecule has 0 aliphatic carbocycles. The van der Waals surface area contributed by atoms with E-state index in [4.69, 9.17) is 4.74 Å². The van der Waals surface area contributed by atoms with E-state index < -0.39 is 8.07 Å². The largest absolute Gasteiger partial charge is 0.497 e. The number of ether oxygens (including phenoxy) is 1. The first-order valence-electron chi connectivity index (χ1n) is 6.76. The van der Waals surface area contributed by atoms with Crippen molar-refractivity contribution in [1.29, 1.82) is 0 Å². The Morgan fingerprint density at radius 2 is 1.89 bits per heavy atom. The van der Waals surface area contributed by atoms with E-state index >= 15 is 0 Å². The molecular formula is C15H23BrO2Si. The Bertz CT molecular complexity index is 418. The molecule has 0 aromatic heterocycles. The number of methoxy groups -OCH3 is 1. The highest BCUT2D eigenvalue weighted by atomic mass is 79.9. The van der Waals surface area contributed by atoms with Crippen LogP contribution in [0.5, 0.6) is 5.75 Å². The van der Waals surface area contributed by atoms with Gasteiger partial charge >= 0.3 is 0 Å². The van der Waals surface area contributed by atoms with Gasteiger partial charge < -0.3 is 9.53 Å². The number of halogens is 1. The number of unbranched alkanes of at least 4 members (excludes halogenated alkanes) is 2. The van der Waals surface area contributed by atoms with Crippen molar-refractivity contribution in [3.63, 3.8) is 0 Å². The van der Waals surface area contributed by atoms with E-state index in [-0.39, 0.29) is 0 Å². The van der Waals surface area contributed by atoms with Gasteiger partial charge in [0.05, 0.1) is 7.11 Å². The average Bonchev–Trinajstić information content (AvgIpc) is 2.43. The number of benzene rings is 1. The number of carbonyl (C=O) groups is 1. The van der Waals surface area contributed by atoms with Gasteiger partial charge in [0.1, 0.15) is 11.2 Å². The van der Waals surface area contributed by atoms with Gasteiger partial charge in [0.15, 0.2) is 8.07 Å². The monoisotopic (exact) mass is 342 g/mol. The van der Waals surface area contributed by atoms with E-state index in [0.29, 0.717) is 11.8 Å². The molecule has 0 aliphatic rings. The Hall–Kier alpha value is -0.613. The van der Waals surface area contributed by atoms with Crippen LogP contribution in [0.1, 0.15) is 25.7 Å². The molecule has 0 fully saturated rings. The smallest absolute Gasteiger partial charge is 0.162 e. The standard InChI is InChI=1S/C15H23BrO2Si/c1-18-13-9-6-7-10-14(13)19(2,3)15(17)11-5-4-8-12-16/h6-7,9-10H,4-5,8,11-12H2,1-3H3. The maximum atomic E-state index is 12.5. The average molecular weight is 343 g/mol. The minimum absolute atomic E-state index is 0.423. The second-order valence-electron chi connectivity index (χ2n) is 5.25. The topological polar surface area (TPSA) is 26.3 Å². The van der Waals surface area contributed by atoms with Crippen LogP contribution in [0.3, 0.4) is 0 Å². The number of alkyl halides is 1. The molecule has 1 aromatic rings. The summed E-state index contributed by atoms with van der Waals surface area (Å²) >= 11 is 3.42. The van der Waals surface area contributed by atoms with Gasteiger partial charge in [-0.3, -0.25) is 0 Å². The summed E-state index contributed by atoms with van der Waals surface area (Å²) in [6.07, 6.45) is 3.96. The van der Waals surface area contributed by atoms with Crippen molar-refractivity contribution >= 4 is 34.6 Å². The summed E-state index contributed by atoms with van der Waals surface area (Å²) in [6, 6.07) is 7.93. The fourth-order valence-corrected chi connectivity index (χ4v) is 4.99. The van der Waals surface area contributed by atoms with Gasteiger partial charge in [-0.2, -0.15) is 0 Å². The molecule has 0 amide bonds. The lowest BCUT2D eigenvalue weighted by molar-refractivity contribution is -0.112. The third-order valence-electron chi connectivity index (χ3n) is 3.51. The Morgan fingerprint density at radius 3 is 2.53 bits per heavy atom. The number of para-hydroxylation sites is 1. The van der Waals surface area contributed by atoms with Crippen LogP contribution in [0.25, 0.3) is 0 Å². The maximum Gasteiger partial charge on any atom is 0.162 e. The van der Waals surface area contributed by atoms with Gasteiger partial charge in [0.25, 0.3) is 0 Å². The molecule has 2 nitrogen and oxygen atoms in total. The van der Waals surface area contributed by atoms with E-state index in [9.17, 15) is 4.79 Å². The molecule has 1 aromatic carbocycles.